The summed E-state index contributed by atoms with van der Waals surface area (Å²) in [7, 11) is 0. The molecule has 0 aromatic heterocycles. The number of hydrogen-bond acceptors (Lipinski definition) is 13. The topological polar surface area (TPSA) is 214 Å². The van der Waals surface area contributed by atoms with Crippen LogP contribution in [0.1, 0.15) is 10.4 Å². The highest BCUT2D eigenvalue weighted by Gasteiger charge is 2.43. The zero-order chi connectivity index (χ0) is 33.2. The summed E-state index contributed by atoms with van der Waals surface area (Å²) in [6.07, 6.45) is -5.05. The molecule has 1 saturated heterocycles. The monoisotopic (exact) mass is 676 g/mol. The Morgan fingerprint density at radius 1 is 0.800 bits per heavy atom. The molecule has 15 nitrogen and oxygen atoms in total. The molecule has 0 saturated carbocycles. The van der Waals surface area contributed by atoms with Gasteiger partial charge < -0.3 is 54.2 Å². The van der Waals surface area contributed by atoms with Gasteiger partial charge in [0.05, 0.1) is 72.7 Å². The molecule has 1 fully saturated rings. The molecule has 1 aliphatic heterocycles. The van der Waals surface area contributed by atoms with Crippen LogP contribution >= 0.6 is 11.8 Å². The fraction of sp³-hybridized carbons (Fsp3) is 0.720. The van der Waals surface area contributed by atoms with Crippen LogP contribution in [-0.2, 0) is 28.4 Å². The zero-order valence-electron chi connectivity index (χ0n) is 24.0. The Labute approximate surface area is 259 Å². The van der Waals surface area contributed by atoms with Crippen LogP contribution < -0.4 is 5.32 Å². The van der Waals surface area contributed by atoms with E-state index in [1.54, 1.807) is 0 Å². The molecular weight excluding hydrogens is 640 g/mol. The lowest BCUT2D eigenvalue weighted by Crippen LogP contribution is -2.57. The quantitative estimate of drug-likeness (QED) is 0.0284. The number of nitrogens with one attached hydrogen (secondary N) is 1. The standard InChI is InChI=1S/C25H36F4N4O11S/c26-16-15(17(27)19(29)20(18(16)28)32-33-30)24(38)31-1-2-39-3-4-40-5-6-41-7-8-42-9-10-43-11-12-45-25-23(37)22(36)21(35)14(13-34)44-25/h14,21-23,25,34-37H,1-13H2,(H,31,38)/t14-,21-,22+,23+,25-/m1/s1. The number of benzene rings is 1. The number of aliphatic hydroxyl groups excluding tert-OH is 4. The minimum absolute atomic E-state index is 0.0885. The number of amides is 1. The van der Waals surface area contributed by atoms with Crippen LogP contribution in [0.25, 0.3) is 10.4 Å². The molecule has 1 aromatic carbocycles. The normalized spacial score (nSPS) is 21.5. The number of carbonyl (C=O) groups is 1. The van der Waals surface area contributed by atoms with Crippen LogP contribution in [0.5, 0.6) is 0 Å². The van der Waals surface area contributed by atoms with Crippen LogP contribution in [0, 0.1) is 23.3 Å². The number of hydrogen-bond donors (Lipinski definition) is 5. The molecule has 256 valence electrons. The van der Waals surface area contributed by atoms with Crippen LogP contribution in [0.4, 0.5) is 23.2 Å². The molecule has 0 aliphatic carbocycles. The van der Waals surface area contributed by atoms with Crippen LogP contribution in [0.15, 0.2) is 5.11 Å². The van der Waals surface area contributed by atoms with Crippen molar-refractivity contribution in [3.05, 3.63) is 39.3 Å². The smallest absolute Gasteiger partial charge is 0.257 e. The first-order valence-electron chi connectivity index (χ1n) is 13.7. The molecule has 0 unspecified atom stereocenters. The van der Waals surface area contributed by atoms with Gasteiger partial charge in [0.25, 0.3) is 5.91 Å². The van der Waals surface area contributed by atoms with Crippen molar-refractivity contribution in [2.75, 3.05) is 85.0 Å². The van der Waals surface area contributed by atoms with Crippen molar-refractivity contribution in [3.63, 3.8) is 0 Å². The summed E-state index contributed by atoms with van der Waals surface area (Å²) in [5, 5.41) is 43.3. The third-order valence-corrected chi connectivity index (χ3v) is 7.11. The summed E-state index contributed by atoms with van der Waals surface area (Å²) in [6.45, 7) is 1.65. The van der Waals surface area contributed by atoms with Crippen molar-refractivity contribution < 1.29 is 71.2 Å². The number of rotatable bonds is 22. The molecular formula is C25H36F4N4O11S. The van der Waals surface area contributed by atoms with Crippen molar-refractivity contribution >= 4 is 23.4 Å². The van der Waals surface area contributed by atoms with Crippen molar-refractivity contribution in [1.82, 2.24) is 5.32 Å². The summed E-state index contributed by atoms with van der Waals surface area (Å²) < 4.78 is 87.5. The predicted octanol–water partition coefficient (Wildman–Crippen LogP) is 0.531. The van der Waals surface area contributed by atoms with Crippen molar-refractivity contribution in [1.29, 1.82) is 0 Å². The second kappa shape index (κ2) is 21.5. The van der Waals surface area contributed by atoms with Gasteiger partial charge in [-0.15, -0.1) is 11.8 Å². The third-order valence-electron chi connectivity index (χ3n) is 5.99. The van der Waals surface area contributed by atoms with E-state index in [4.69, 9.17) is 34.0 Å². The molecule has 1 heterocycles. The van der Waals surface area contributed by atoms with Gasteiger partial charge in [0.2, 0.25) is 0 Å². The lowest BCUT2D eigenvalue weighted by Gasteiger charge is -2.39. The summed E-state index contributed by atoms with van der Waals surface area (Å²) in [6, 6.07) is 0. The number of aliphatic hydroxyl groups is 4. The van der Waals surface area contributed by atoms with Gasteiger partial charge in [-0.25, -0.2) is 17.6 Å². The second-order valence-corrected chi connectivity index (χ2v) is 10.3. The van der Waals surface area contributed by atoms with Crippen molar-refractivity contribution in [2.24, 2.45) is 5.11 Å². The molecule has 0 spiro atoms. The van der Waals surface area contributed by atoms with E-state index in [1.807, 2.05) is 0 Å². The average Bonchev–Trinajstić information content (AvgIpc) is 3.03. The maximum absolute atomic E-state index is 14.0. The lowest BCUT2D eigenvalue weighted by molar-refractivity contribution is -0.205. The first-order chi connectivity index (χ1) is 21.6. The van der Waals surface area contributed by atoms with Crippen molar-refractivity contribution in [3.8, 4) is 0 Å². The second-order valence-electron chi connectivity index (χ2n) is 9.05. The average molecular weight is 677 g/mol. The highest BCUT2D eigenvalue weighted by Crippen LogP contribution is 2.30. The van der Waals surface area contributed by atoms with E-state index in [9.17, 15) is 42.8 Å². The Morgan fingerprint density at radius 2 is 1.29 bits per heavy atom. The summed E-state index contributed by atoms with van der Waals surface area (Å²) in [5.74, 6) is -8.95. The van der Waals surface area contributed by atoms with E-state index in [-0.39, 0.29) is 39.6 Å². The fourth-order valence-corrected chi connectivity index (χ4v) is 4.71. The Balaban J connectivity index is 1.39. The van der Waals surface area contributed by atoms with Crippen LogP contribution in [-0.4, -0.2) is 141 Å². The maximum Gasteiger partial charge on any atom is 0.257 e. The van der Waals surface area contributed by atoms with Gasteiger partial charge in [-0.2, -0.15) is 0 Å². The molecule has 5 atom stereocenters. The SMILES string of the molecule is [N-]=[N+]=Nc1c(F)c(F)c(C(=O)NCCOCCOCCOCCOCCOCCS[C@H]2O[C@H](CO)[C@@H](O)[C@H](O)[C@@H]2O)c(F)c1F. The number of thioether (sulfide) groups is 1. The van der Waals surface area contributed by atoms with E-state index in [0.717, 1.165) is 0 Å². The minimum Gasteiger partial charge on any atom is -0.394 e. The zero-order valence-corrected chi connectivity index (χ0v) is 24.8. The molecule has 1 aliphatic rings. The molecule has 20 heteroatoms. The molecule has 1 amide bonds. The number of ether oxygens (including phenoxy) is 6. The molecule has 2 rings (SSSR count). The first-order valence-corrected chi connectivity index (χ1v) is 14.7. The Kier molecular flexibility index (Phi) is 18.5. The summed E-state index contributed by atoms with van der Waals surface area (Å²) in [4.78, 5) is 14.0. The van der Waals surface area contributed by atoms with Gasteiger partial charge >= 0.3 is 0 Å². The third kappa shape index (κ3) is 12.4. The molecule has 1 aromatic rings. The minimum atomic E-state index is -1.99. The molecule has 5 N–H and O–H groups in total. The molecule has 45 heavy (non-hydrogen) atoms. The van der Waals surface area contributed by atoms with Gasteiger partial charge in [0.15, 0.2) is 23.3 Å². The van der Waals surface area contributed by atoms with E-state index >= 15 is 0 Å². The first kappa shape index (κ1) is 38.9. The Hall–Kier alpha value is -2.33. The van der Waals surface area contributed by atoms with Gasteiger partial charge in [0, 0.05) is 17.2 Å². The van der Waals surface area contributed by atoms with Crippen LogP contribution in [0.3, 0.4) is 0 Å². The number of carbonyl (C=O) groups excluding carboxylic acids is 1. The lowest BCUT2D eigenvalue weighted by atomic mass is 10.0. The molecule has 0 radical (unpaired) electrons. The largest absolute Gasteiger partial charge is 0.394 e. The Bertz CT molecular complexity index is 1080. The fourth-order valence-electron chi connectivity index (χ4n) is 3.69. The van der Waals surface area contributed by atoms with Crippen LogP contribution in [0.2, 0.25) is 0 Å². The van der Waals surface area contributed by atoms with Gasteiger partial charge in [0.1, 0.15) is 41.1 Å². The maximum atomic E-state index is 14.0. The van der Waals surface area contributed by atoms with E-state index in [2.05, 4.69) is 15.3 Å². The van der Waals surface area contributed by atoms with Gasteiger partial charge in [-0.1, -0.05) is 5.11 Å². The Morgan fingerprint density at radius 3 is 1.78 bits per heavy atom. The van der Waals surface area contributed by atoms with Crippen molar-refractivity contribution in [2.45, 2.75) is 29.9 Å². The van der Waals surface area contributed by atoms with E-state index in [0.29, 0.717) is 38.8 Å². The van der Waals surface area contributed by atoms with E-state index in [1.165, 1.54) is 11.8 Å². The van der Waals surface area contributed by atoms with Gasteiger partial charge in [-0.3, -0.25) is 4.79 Å². The van der Waals surface area contributed by atoms with Gasteiger partial charge in [-0.05, 0) is 5.53 Å². The highest BCUT2D eigenvalue weighted by atomic mass is 32.2. The van der Waals surface area contributed by atoms with E-state index < -0.39 is 76.9 Å². The number of nitrogens with zero attached hydrogens (tertiary/aromatic N) is 3. The number of azide groups is 1. The predicted molar refractivity (Wildman–Crippen MR) is 148 cm³/mol. The highest BCUT2D eigenvalue weighted by molar-refractivity contribution is 7.99. The number of halogens is 4. The summed E-state index contributed by atoms with van der Waals surface area (Å²) in [5.41, 5.74) is 4.43. The summed E-state index contributed by atoms with van der Waals surface area (Å²) >= 11 is 1.19. The molecule has 0 bridgehead atoms.